The summed E-state index contributed by atoms with van der Waals surface area (Å²) in [5, 5.41) is 3.03. The first-order valence-electron chi connectivity index (χ1n) is 4.83. The van der Waals surface area contributed by atoms with Gasteiger partial charge in [-0.3, -0.25) is 4.79 Å². The van der Waals surface area contributed by atoms with Crippen LogP contribution in [0.25, 0.3) is 0 Å². The minimum absolute atomic E-state index is 0.281. The van der Waals surface area contributed by atoms with Crippen molar-refractivity contribution in [3.63, 3.8) is 0 Å². The molecule has 0 unspecified atom stereocenters. The molecule has 13 heavy (non-hydrogen) atoms. The second-order valence-corrected chi connectivity index (χ2v) is 3.55. The Kier molecular flexibility index (Phi) is 3.96. The second kappa shape index (κ2) is 5.02. The Morgan fingerprint density at radius 1 is 1.62 bits per heavy atom. The summed E-state index contributed by atoms with van der Waals surface area (Å²) in [6, 6.07) is 0. The van der Waals surface area contributed by atoms with E-state index < -0.39 is 0 Å². The number of hydrogen-bond acceptors (Lipinski definition) is 2. The fourth-order valence-electron chi connectivity index (χ4n) is 1.60. The average molecular weight is 182 g/mol. The van der Waals surface area contributed by atoms with Crippen molar-refractivity contribution < 1.29 is 4.79 Å². The molecule has 0 spiro atoms. The molecule has 0 aromatic carbocycles. The van der Waals surface area contributed by atoms with Crippen molar-refractivity contribution >= 4 is 5.91 Å². The predicted molar refractivity (Wildman–Crippen MR) is 53.5 cm³/mol. The fourth-order valence-corrected chi connectivity index (χ4v) is 1.60. The van der Waals surface area contributed by atoms with Gasteiger partial charge in [0, 0.05) is 26.1 Å². The number of rotatable bonds is 4. The van der Waals surface area contributed by atoms with Crippen LogP contribution in [0.4, 0.5) is 0 Å². The summed E-state index contributed by atoms with van der Waals surface area (Å²) >= 11 is 0. The molecule has 1 fully saturated rings. The lowest BCUT2D eigenvalue weighted by Crippen LogP contribution is -2.37. The Balaban J connectivity index is 2.33. The molecule has 1 aliphatic heterocycles. The molecule has 0 saturated carbocycles. The maximum atomic E-state index is 11.4. The van der Waals surface area contributed by atoms with Gasteiger partial charge in [-0.15, -0.1) is 0 Å². The zero-order chi connectivity index (χ0) is 9.68. The van der Waals surface area contributed by atoms with E-state index in [1.165, 1.54) is 0 Å². The van der Waals surface area contributed by atoms with Gasteiger partial charge in [-0.05, 0) is 25.5 Å². The summed E-state index contributed by atoms with van der Waals surface area (Å²) in [4.78, 5) is 13.3. The molecule has 0 bridgehead atoms. The van der Waals surface area contributed by atoms with Gasteiger partial charge in [-0.25, -0.2) is 0 Å². The molecule has 1 N–H and O–H groups in total. The Morgan fingerprint density at radius 3 is 3.00 bits per heavy atom. The van der Waals surface area contributed by atoms with Crippen molar-refractivity contribution in [2.45, 2.75) is 19.3 Å². The van der Waals surface area contributed by atoms with Crippen LogP contribution in [0, 0.1) is 0 Å². The second-order valence-electron chi connectivity index (χ2n) is 3.55. The summed E-state index contributed by atoms with van der Waals surface area (Å²) < 4.78 is 0. The van der Waals surface area contributed by atoms with Crippen LogP contribution in [0.2, 0.25) is 0 Å². The van der Waals surface area contributed by atoms with E-state index in [1.54, 1.807) is 0 Å². The highest BCUT2D eigenvalue weighted by Crippen LogP contribution is 2.11. The first-order chi connectivity index (χ1) is 6.24. The molecule has 1 amide bonds. The summed E-state index contributed by atoms with van der Waals surface area (Å²) in [6.45, 7) is 6.34. The number of amides is 1. The standard InChI is InChI=1S/C10H18N2O/c1-9(7-11-2)8-12-6-4-3-5-10(12)13/h11H,1,3-8H2,2H3. The molecular formula is C10H18N2O. The van der Waals surface area contributed by atoms with E-state index >= 15 is 0 Å². The summed E-state index contributed by atoms with van der Waals surface area (Å²) in [5.74, 6) is 0.281. The zero-order valence-corrected chi connectivity index (χ0v) is 8.31. The first kappa shape index (κ1) is 10.3. The number of likely N-dealkylation sites (N-methyl/N-ethyl adjacent to an activating group) is 1. The highest BCUT2D eigenvalue weighted by Gasteiger charge is 2.17. The molecule has 74 valence electrons. The number of carbonyl (C=O) groups excluding carboxylic acids is 1. The number of carbonyl (C=O) groups is 1. The van der Waals surface area contributed by atoms with Gasteiger partial charge in [0.25, 0.3) is 0 Å². The third-order valence-electron chi connectivity index (χ3n) is 2.26. The van der Waals surface area contributed by atoms with Gasteiger partial charge in [-0.1, -0.05) is 6.58 Å². The van der Waals surface area contributed by atoms with Gasteiger partial charge < -0.3 is 10.2 Å². The molecule has 0 aromatic heterocycles. The molecule has 1 aliphatic rings. The number of piperidine rings is 1. The molecule has 1 saturated heterocycles. The van der Waals surface area contributed by atoms with E-state index in [-0.39, 0.29) is 5.91 Å². The third-order valence-corrected chi connectivity index (χ3v) is 2.26. The highest BCUT2D eigenvalue weighted by molar-refractivity contribution is 5.77. The maximum absolute atomic E-state index is 11.4. The fraction of sp³-hybridized carbons (Fsp3) is 0.700. The summed E-state index contributed by atoms with van der Waals surface area (Å²) in [7, 11) is 1.89. The normalized spacial score (nSPS) is 17.6. The Morgan fingerprint density at radius 2 is 2.38 bits per heavy atom. The van der Waals surface area contributed by atoms with Crippen LogP contribution in [0.5, 0.6) is 0 Å². The number of nitrogens with one attached hydrogen (secondary N) is 1. The maximum Gasteiger partial charge on any atom is 0.222 e. The van der Waals surface area contributed by atoms with E-state index in [0.717, 1.165) is 38.0 Å². The lowest BCUT2D eigenvalue weighted by molar-refractivity contribution is -0.132. The van der Waals surface area contributed by atoms with Gasteiger partial charge in [-0.2, -0.15) is 0 Å². The minimum Gasteiger partial charge on any atom is -0.339 e. The van der Waals surface area contributed by atoms with E-state index in [9.17, 15) is 4.79 Å². The topological polar surface area (TPSA) is 32.3 Å². The van der Waals surface area contributed by atoms with Crippen LogP contribution in [0.3, 0.4) is 0 Å². The van der Waals surface area contributed by atoms with Crippen molar-refractivity contribution in [3.05, 3.63) is 12.2 Å². The van der Waals surface area contributed by atoms with Crippen molar-refractivity contribution in [1.29, 1.82) is 0 Å². The van der Waals surface area contributed by atoms with Crippen molar-refractivity contribution in [2.75, 3.05) is 26.7 Å². The van der Waals surface area contributed by atoms with Crippen LogP contribution in [-0.2, 0) is 4.79 Å². The monoisotopic (exact) mass is 182 g/mol. The smallest absolute Gasteiger partial charge is 0.222 e. The van der Waals surface area contributed by atoms with Crippen molar-refractivity contribution in [3.8, 4) is 0 Å². The Labute approximate surface area is 79.8 Å². The summed E-state index contributed by atoms with van der Waals surface area (Å²) in [5.41, 5.74) is 1.08. The largest absolute Gasteiger partial charge is 0.339 e. The van der Waals surface area contributed by atoms with Gasteiger partial charge in [0.05, 0.1) is 0 Å². The SMILES string of the molecule is C=C(CNC)CN1CCCCC1=O. The van der Waals surface area contributed by atoms with Gasteiger partial charge in [0.15, 0.2) is 0 Å². The third kappa shape index (κ3) is 3.19. The van der Waals surface area contributed by atoms with E-state index in [0.29, 0.717) is 6.42 Å². The number of nitrogens with zero attached hydrogens (tertiary/aromatic N) is 1. The zero-order valence-electron chi connectivity index (χ0n) is 8.31. The number of hydrogen-bond donors (Lipinski definition) is 1. The van der Waals surface area contributed by atoms with E-state index in [1.807, 2.05) is 11.9 Å². The molecular weight excluding hydrogens is 164 g/mol. The highest BCUT2D eigenvalue weighted by atomic mass is 16.2. The molecule has 1 heterocycles. The van der Waals surface area contributed by atoms with Crippen LogP contribution < -0.4 is 5.32 Å². The molecule has 0 aliphatic carbocycles. The minimum atomic E-state index is 0.281. The van der Waals surface area contributed by atoms with Crippen molar-refractivity contribution in [2.24, 2.45) is 0 Å². The Bertz CT molecular complexity index is 201. The van der Waals surface area contributed by atoms with E-state index in [2.05, 4.69) is 11.9 Å². The van der Waals surface area contributed by atoms with Gasteiger partial charge in [0.2, 0.25) is 5.91 Å². The van der Waals surface area contributed by atoms with Crippen LogP contribution in [0.15, 0.2) is 12.2 Å². The predicted octanol–water partition coefficient (Wildman–Crippen LogP) is 0.774. The van der Waals surface area contributed by atoms with Crippen LogP contribution >= 0.6 is 0 Å². The number of likely N-dealkylation sites (tertiary alicyclic amines) is 1. The first-order valence-corrected chi connectivity index (χ1v) is 4.83. The molecule has 3 heteroatoms. The molecule has 1 rings (SSSR count). The molecule has 0 radical (unpaired) electrons. The van der Waals surface area contributed by atoms with E-state index in [4.69, 9.17) is 0 Å². The quantitative estimate of drug-likeness (QED) is 0.651. The molecule has 0 aromatic rings. The van der Waals surface area contributed by atoms with Gasteiger partial charge >= 0.3 is 0 Å². The van der Waals surface area contributed by atoms with Crippen molar-refractivity contribution in [1.82, 2.24) is 10.2 Å². The van der Waals surface area contributed by atoms with Gasteiger partial charge in [0.1, 0.15) is 0 Å². The lowest BCUT2D eigenvalue weighted by Gasteiger charge is -2.27. The Hall–Kier alpha value is -0.830. The molecule has 0 atom stereocenters. The lowest BCUT2D eigenvalue weighted by atomic mass is 10.1. The molecule has 3 nitrogen and oxygen atoms in total. The van der Waals surface area contributed by atoms with Crippen LogP contribution in [0.1, 0.15) is 19.3 Å². The van der Waals surface area contributed by atoms with Crippen LogP contribution in [-0.4, -0.2) is 37.5 Å². The summed E-state index contributed by atoms with van der Waals surface area (Å²) in [6.07, 6.45) is 2.90. The average Bonchev–Trinajstić information content (AvgIpc) is 2.09.